The van der Waals surface area contributed by atoms with Crippen molar-refractivity contribution < 1.29 is 4.39 Å². The molecule has 1 aromatic heterocycles. The van der Waals surface area contributed by atoms with Gasteiger partial charge in [0.15, 0.2) is 5.13 Å². The van der Waals surface area contributed by atoms with Crippen molar-refractivity contribution in [2.75, 3.05) is 5.32 Å². The second kappa shape index (κ2) is 4.67. The number of benzene rings is 2. The monoisotopic (exact) mass is 269 g/mol. The molecule has 0 bridgehead atoms. The van der Waals surface area contributed by atoms with Gasteiger partial charge in [-0.25, -0.2) is 9.37 Å². The van der Waals surface area contributed by atoms with Crippen molar-refractivity contribution in [1.29, 1.82) is 5.26 Å². The highest BCUT2D eigenvalue weighted by atomic mass is 32.1. The third-order valence-electron chi connectivity index (χ3n) is 2.63. The molecule has 0 radical (unpaired) electrons. The number of aromatic nitrogens is 1. The van der Waals surface area contributed by atoms with Crippen LogP contribution in [0, 0.1) is 17.1 Å². The number of para-hydroxylation sites is 1. The number of hydrogen-bond donors (Lipinski definition) is 1. The number of hydrogen-bond acceptors (Lipinski definition) is 4. The van der Waals surface area contributed by atoms with Crippen molar-refractivity contribution in [1.82, 2.24) is 4.98 Å². The van der Waals surface area contributed by atoms with Gasteiger partial charge in [-0.3, -0.25) is 0 Å². The molecule has 3 nitrogen and oxygen atoms in total. The van der Waals surface area contributed by atoms with E-state index in [9.17, 15) is 4.39 Å². The summed E-state index contributed by atoms with van der Waals surface area (Å²) in [6.45, 7) is 0. The highest BCUT2D eigenvalue weighted by molar-refractivity contribution is 7.22. The fourth-order valence-corrected chi connectivity index (χ4v) is 2.61. The molecule has 0 atom stereocenters. The molecule has 1 N–H and O–H groups in total. The van der Waals surface area contributed by atoms with Crippen molar-refractivity contribution in [2.45, 2.75) is 0 Å². The average molecular weight is 269 g/mol. The van der Waals surface area contributed by atoms with Gasteiger partial charge in [0, 0.05) is 0 Å². The van der Waals surface area contributed by atoms with Crippen LogP contribution in [-0.4, -0.2) is 4.98 Å². The van der Waals surface area contributed by atoms with E-state index >= 15 is 0 Å². The molecule has 5 heteroatoms. The molecule has 0 aliphatic rings. The van der Waals surface area contributed by atoms with E-state index in [1.165, 1.54) is 17.4 Å². The van der Waals surface area contributed by atoms with Gasteiger partial charge >= 0.3 is 0 Å². The second-order valence-corrected chi connectivity index (χ2v) is 4.95. The minimum absolute atomic E-state index is 0.298. The van der Waals surface area contributed by atoms with Gasteiger partial charge in [0.05, 0.1) is 27.5 Å². The van der Waals surface area contributed by atoms with Gasteiger partial charge in [-0.15, -0.1) is 0 Å². The Kier molecular flexibility index (Phi) is 2.86. The lowest BCUT2D eigenvalue weighted by molar-refractivity contribution is 0.631. The normalized spacial score (nSPS) is 10.3. The zero-order valence-corrected chi connectivity index (χ0v) is 10.5. The molecule has 3 rings (SSSR count). The number of nitriles is 1. The maximum Gasteiger partial charge on any atom is 0.188 e. The number of nitrogens with zero attached hydrogens (tertiary/aromatic N) is 2. The number of nitrogens with one attached hydrogen (secondary N) is 1. The molecule has 0 unspecified atom stereocenters. The Hall–Kier alpha value is -2.45. The van der Waals surface area contributed by atoms with Crippen LogP contribution in [0.2, 0.25) is 0 Å². The molecule has 19 heavy (non-hydrogen) atoms. The van der Waals surface area contributed by atoms with Gasteiger partial charge in [0.2, 0.25) is 0 Å². The van der Waals surface area contributed by atoms with Crippen LogP contribution in [0.4, 0.5) is 15.2 Å². The fourth-order valence-electron chi connectivity index (χ4n) is 1.73. The second-order valence-electron chi connectivity index (χ2n) is 3.92. The Bertz CT molecular complexity index is 756. The molecule has 0 fully saturated rings. The van der Waals surface area contributed by atoms with Crippen molar-refractivity contribution in [3.63, 3.8) is 0 Å². The van der Waals surface area contributed by atoms with Crippen molar-refractivity contribution in [3.8, 4) is 6.07 Å². The molecule has 92 valence electrons. The molecule has 0 amide bonds. The molecular weight excluding hydrogens is 261 g/mol. The van der Waals surface area contributed by atoms with Crippen LogP contribution in [-0.2, 0) is 0 Å². The number of fused-ring (bicyclic) bond motifs is 1. The Morgan fingerprint density at radius 3 is 2.79 bits per heavy atom. The maximum absolute atomic E-state index is 13.7. The van der Waals surface area contributed by atoms with Gasteiger partial charge in [-0.05, 0) is 30.3 Å². The molecule has 0 spiro atoms. The first-order chi connectivity index (χ1) is 9.26. The van der Waals surface area contributed by atoms with Crippen LogP contribution in [0.25, 0.3) is 10.2 Å². The summed E-state index contributed by atoms with van der Waals surface area (Å²) in [4.78, 5) is 4.37. The average Bonchev–Trinajstić information content (AvgIpc) is 2.83. The van der Waals surface area contributed by atoms with Crippen molar-refractivity contribution in [2.24, 2.45) is 0 Å². The Morgan fingerprint density at radius 1 is 1.21 bits per heavy atom. The number of anilines is 2. The summed E-state index contributed by atoms with van der Waals surface area (Å²) in [5, 5.41) is 12.3. The molecule has 2 aromatic carbocycles. The standard InChI is InChI=1S/C14H8FN3S/c15-10-7-9(8-16)5-6-11(10)17-14-18-12-3-1-2-4-13(12)19-14/h1-7H,(H,17,18). The topological polar surface area (TPSA) is 48.7 Å². The summed E-state index contributed by atoms with van der Waals surface area (Å²) in [5.41, 5.74) is 1.49. The van der Waals surface area contributed by atoms with E-state index in [-0.39, 0.29) is 0 Å². The van der Waals surface area contributed by atoms with E-state index in [0.717, 1.165) is 10.2 Å². The smallest absolute Gasteiger partial charge is 0.188 e. The summed E-state index contributed by atoms with van der Waals surface area (Å²) in [6, 6.07) is 13.9. The van der Waals surface area contributed by atoms with E-state index in [0.29, 0.717) is 16.4 Å². The molecule has 1 heterocycles. The highest BCUT2D eigenvalue weighted by Crippen LogP contribution is 2.29. The number of rotatable bonds is 2. The number of thiazole rings is 1. The largest absolute Gasteiger partial charge is 0.329 e. The van der Waals surface area contributed by atoms with E-state index in [4.69, 9.17) is 5.26 Å². The van der Waals surface area contributed by atoms with Crippen LogP contribution < -0.4 is 5.32 Å². The van der Waals surface area contributed by atoms with E-state index < -0.39 is 5.82 Å². The first-order valence-corrected chi connectivity index (χ1v) is 6.40. The summed E-state index contributed by atoms with van der Waals surface area (Å²) < 4.78 is 14.8. The molecule has 0 saturated heterocycles. The molecule has 0 saturated carbocycles. The molecule has 0 aliphatic heterocycles. The van der Waals surface area contributed by atoms with Crippen LogP contribution >= 0.6 is 11.3 Å². The van der Waals surface area contributed by atoms with E-state index in [2.05, 4.69) is 10.3 Å². The van der Waals surface area contributed by atoms with Crippen LogP contribution in [0.3, 0.4) is 0 Å². The predicted octanol–water partition coefficient (Wildman–Crippen LogP) is 4.05. The van der Waals surface area contributed by atoms with Crippen LogP contribution in [0.1, 0.15) is 5.56 Å². The van der Waals surface area contributed by atoms with Gasteiger partial charge in [0.25, 0.3) is 0 Å². The highest BCUT2D eigenvalue weighted by Gasteiger charge is 2.07. The van der Waals surface area contributed by atoms with Gasteiger partial charge in [-0.2, -0.15) is 5.26 Å². The molecular formula is C14H8FN3S. The van der Waals surface area contributed by atoms with E-state index in [1.54, 1.807) is 12.1 Å². The third kappa shape index (κ3) is 2.26. The first kappa shape index (κ1) is 11.6. The van der Waals surface area contributed by atoms with Crippen LogP contribution in [0.15, 0.2) is 42.5 Å². The minimum atomic E-state index is -0.460. The quantitative estimate of drug-likeness (QED) is 0.763. The molecule has 0 aliphatic carbocycles. The van der Waals surface area contributed by atoms with Gasteiger partial charge in [-0.1, -0.05) is 23.5 Å². The van der Waals surface area contributed by atoms with Gasteiger partial charge < -0.3 is 5.32 Å². The maximum atomic E-state index is 13.7. The molecule has 3 aromatic rings. The lowest BCUT2D eigenvalue weighted by atomic mass is 10.2. The zero-order chi connectivity index (χ0) is 13.2. The lowest BCUT2D eigenvalue weighted by Crippen LogP contribution is -1.93. The first-order valence-electron chi connectivity index (χ1n) is 5.58. The predicted molar refractivity (Wildman–Crippen MR) is 74.0 cm³/mol. The summed E-state index contributed by atoms with van der Waals surface area (Å²) in [5.74, 6) is -0.460. The lowest BCUT2D eigenvalue weighted by Gasteiger charge is -2.03. The fraction of sp³-hybridized carbons (Fsp3) is 0. The van der Waals surface area contributed by atoms with Gasteiger partial charge in [0.1, 0.15) is 5.82 Å². The van der Waals surface area contributed by atoms with Crippen LogP contribution in [0.5, 0.6) is 0 Å². The Balaban J connectivity index is 1.94. The van der Waals surface area contributed by atoms with Crippen molar-refractivity contribution in [3.05, 3.63) is 53.8 Å². The SMILES string of the molecule is N#Cc1ccc(Nc2nc3ccccc3s2)c(F)c1. The Morgan fingerprint density at radius 2 is 2.05 bits per heavy atom. The summed E-state index contributed by atoms with van der Waals surface area (Å²) in [6.07, 6.45) is 0. The minimum Gasteiger partial charge on any atom is -0.329 e. The summed E-state index contributed by atoms with van der Waals surface area (Å²) in [7, 11) is 0. The number of halogens is 1. The Labute approximate surface area is 113 Å². The summed E-state index contributed by atoms with van der Waals surface area (Å²) >= 11 is 1.46. The third-order valence-corrected chi connectivity index (χ3v) is 3.59. The van der Waals surface area contributed by atoms with E-state index in [1.807, 2.05) is 30.3 Å². The van der Waals surface area contributed by atoms with Crippen molar-refractivity contribution >= 4 is 32.4 Å². The zero-order valence-electron chi connectivity index (χ0n) is 9.72.